The number of aromatic nitrogens is 1. The molecule has 1 amide bonds. The fraction of sp³-hybridized carbons (Fsp3) is 0.214. The molecule has 8 nitrogen and oxygen atoms in total. The topological polar surface area (TPSA) is 91.0 Å². The molecule has 1 aromatic heterocycles. The van der Waals surface area contributed by atoms with E-state index in [1.54, 1.807) is 6.07 Å². The zero-order valence-electron chi connectivity index (χ0n) is 20.4. The Morgan fingerprint density at radius 2 is 1.83 bits per heavy atom. The van der Waals surface area contributed by atoms with Gasteiger partial charge in [-0.25, -0.2) is 0 Å². The molecule has 8 heteroatoms. The molecule has 2 heterocycles. The van der Waals surface area contributed by atoms with Gasteiger partial charge >= 0.3 is 0 Å². The first-order chi connectivity index (χ1) is 17.6. The largest absolute Gasteiger partial charge is 0.486 e. The van der Waals surface area contributed by atoms with Gasteiger partial charge in [0.25, 0.3) is 5.91 Å². The van der Waals surface area contributed by atoms with E-state index in [1.807, 2.05) is 73.7 Å². The number of fused-ring (bicyclic) bond motifs is 2. The Balaban J connectivity index is 1.36. The third kappa shape index (κ3) is 5.27. The minimum absolute atomic E-state index is 0.241. The summed E-state index contributed by atoms with van der Waals surface area (Å²) in [5.74, 6) is 1.49. The van der Waals surface area contributed by atoms with Crippen molar-refractivity contribution >= 4 is 34.1 Å². The molecule has 184 valence electrons. The van der Waals surface area contributed by atoms with E-state index in [0.717, 1.165) is 23.3 Å². The minimum atomic E-state index is -0.241. The van der Waals surface area contributed by atoms with Gasteiger partial charge in [-0.15, -0.1) is 0 Å². The number of carbonyl (C=O) groups is 1. The molecule has 0 spiro atoms. The molecule has 3 aromatic carbocycles. The van der Waals surface area contributed by atoms with Gasteiger partial charge in [0.15, 0.2) is 11.5 Å². The lowest BCUT2D eigenvalue weighted by Crippen LogP contribution is -2.36. The number of para-hydroxylation sites is 1. The van der Waals surface area contributed by atoms with Gasteiger partial charge in [0.1, 0.15) is 13.2 Å². The molecule has 1 aliphatic heterocycles. The number of benzene rings is 3. The molecule has 0 aliphatic carbocycles. The summed E-state index contributed by atoms with van der Waals surface area (Å²) in [4.78, 5) is 23.1. The lowest BCUT2D eigenvalue weighted by molar-refractivity contribution is 0.0977. The summed E-state index contributed by atoms with van der Waals surface area (Å²) in [6.07, 6.45) is 2.74. The molecule has 0 saturated heterocycles. The summed E-state index contributed by atoms with van der Waals surface area (Å²) in [7, 11) is 3.89. The highest BCUT2D eigenvalue weighted by Gasteiger charge is 2.15. The van der Waals surface area contributed by atoms with Gasteiger partial charge in [0.2, 0.25) is 5.96 Å². The van der Waals surface area contributed by atoms with E-state index in [-0.39, 0.29) is 5.91 Å². The number of amides is 1. The smallest absolute Gasteiger partial charge is 0.258 e. The second kappa shape index (κ2) is 10.4. The lowest BCUT2D eigenvalue weighted by Gasteiger charge is -2.19. The van der Waals surface area contributed by atoms with Crippen LogP contribution in [-0.2, 0) is 6.42 Å². The fourth-order valence-electron chi connectivity index (χ4n) is 4.10. The van der Waals surface area contributed by atoms with Crippen LogP contribution >= 0.6 is 0 Å². The molecule has 0 fully saturated rings. The summed E-state index contributed by atoms with van der Waals surface area (Å²) in [6.45, 7) is 1.52. The van der Waals surface area contributed by atoms with Gasteiger partial charge in [0, 0.05) is 60.7 Å². The molecule has 0 unspecified atom stereocenters. The number of rotatable bonds is 6. The molecule has 5 rings (SSSR count). The number of hydrogen-bond acceptors (Lipinski definition) is 5. The van der Waals surface area contributed by atoms with Crippen LogP contribution in [0.4, 0.5) is 11.4 Å². The van der Waals surface area contributed by atoms with E-state index in [4.69, 9.17) is 14.5 Å². The SMILES string of the molecule is CN(C)c1cccc(C(=O)NC(=NCCc2c[nH]c3ccccc23)Nc2ccc3c(c2)OCCO3)c1. The van der Waals surface area contributed by atoms with Crippen molar-refractivity contribution in [3.05, 3.63) is 84.1 Å². The van der Waals surface area contributed by atoms with Crippen molar-refractivity contribution in [2.75, 3.05) is 44.1 Å². The maximum Gasteiger partial charge on any atom is 0.258 e. The minimum Gasteiger partial charge on any atom is -0.486 e. The van der Waals surface area contributed by atoms with Gasteiger partial charge in [-0.05, 0) is 48.4 Å². The number of nitrogens with zero attached hydrogens (tertiary/aromatic N) is 2. The first-order valence-electron chi connectivity index (χ1n) is 11.9. The molecular weight excluding hydrogens is 454 g/mol. The number of anilines is 2. The van der Waals surface area contributed by atoms with E-state index in [2.05, 4.69) is 27.8 Å². The van der Waals surface area contributed by atoms with Gasteiger partial charge in [-0.3, -0.25) is 15.1 Å². The Hall–Kier alpha value is -4.46. The van der Waals surface area contributed by atoms with Crippen LogP contribution in [-0.4, -0.2) is 50.7 Å². The Morgan fingerprint density at radius 3 is 2.69 bits per heavy atom. The van der Waals surface area contributed by atoms with E-state index in [0.29, 0.717) is 42.8 Å². The molecule has 1 aliphatic rings. The molecule has 0 bridgehead atoms. The van der Waals surface area contributed by atoms with Crippen LogP contribution in [0.2, 0.25) is 0 Å². The highest BCUT2D eigenvalue weighted by atomic mass is 16.6. The molecule has 0 atom stereocenters. The Bertz CT molecular complexity index is 1410. The van der Waals surface area contributed by atoms with E-state index < -0.39 is 0 Å². The molecule has 0 saturated carbocycles. The van der Waals surface area contributed by atoms with Crippen molar-refractivity contribution in [3.8, 4) is 11.5 Å². The van der Waals surface area contributed by atoms with Crippen LogP contribution in [0.15, 0.2) is 77.9 Å². The number of H-pyrrole nitrogens is 1. The lowest BCUT2D eigenvalue weighted by atomic mass is 10.1. The van der Waals surface area contributed by atoms with E-state index >= 15 is 0 Å². The van der Waals surface area contributed by atoms with Crippen molar-refractivity contribution in [1.29, 1.82) is 0 Å². The van der Waals surface area contributed by atoms with Gasteiger partial charge < -0.3 is 24.7 Å². The second-order valence-corrected chi connectivity index (χ2v) is 8.72. The molecular formula is C28H29N5O3. The average Bonchev–Trinajstić information content (AvgIpc) is 3.31. The fourth-order valence-corrected chi connectivity index (χ4v) is 4.10. The maximum absolute atomic E-state index is 13.1. The van der Waals surface area contributed by atoms with Crippen molar-refractivity contribution in [2.24, 2.45) is 4.99 Å². The molecule has 0 radical (unpaired) electrons. The Kier molecular flexibility index (Phi) is 6.75. The van der Waals surface area contributed by atoms with Crippen molar-refractivity contribution in [2.45, 2.75) is 6.42 Å². The summed E-state index contributed by atoms with van der Waals surface area (Å²) >= 11 is 0. The number of aromatic amines is 1. The summed E-state index contributed by atoms with van der Waals surface area (Å²) in [5, 5.41) is 7.37. The standard InChI is InChI=1S/C28H29N5O3/c1-33(2)22-7-5-6-19(16-22)27(34)32-28(31-21-10-11-25-26(17-21)36-15-14-35-25)29-13-12-20-18-30-24-9-4-3-8-23(20)24/h3-11,16-18,30H,12-15H2,1-2H3,(H2,29,31,32,34). The van der Waals surface area contributed by atoms with Gasteiger partial charge in [-0.2, -0.15) is 0 Å². The van der Waals surface area contributed by atoms with Crippen molar-refractivity contribution in [3.63, 3.8) is 0 Å². The van der Waals surface area contributed by atoms with E-state index in [9.17, 15) is 4.79 Å². The zero-order chi connectivity index (χ0) is 24.9. The number of hydrogen-bond donors (Lipinski definition) is 3. The number of nitrogens with one attached hydrogen (secondary N) is 3. The van der Waals surface area contributed by atoms with Crippen molar-refractivity contribution < 1.29 is 14.3 Å². The third-order valence-corrected chi connectivity index (χ3v) is 5.99. The molecule has 3 N–H and O–H groups in total. The van der Waals surface area contributed by atoms with Gasteiger partial charge in [-0.1, -0.05) is 24.3 Å². The molecule has 36 heavy (non-hydrogen) atoms. The Morgan fingerprint density at radius 1 is 1.00 bits per heavy atom. The molecule has 4 aromatic rings. The van der Waals surface area contributed by atoms with Crippen LogP contribution in [0, 0.1) is 0 Å². The summed E-state index contributed by atoms with van der Waals surface area (Å²) in [6, 6.07) is 21.2. The predicted octanol–water partition coefficient (Wildman–Crippen LogP) is 4.45. The van der Waals surface area contributed by atoms with Gasteiger partial charge in [0.05, 0.1) is 0 Å². The first-order valence-corrected chi connectivity index (χ1v) is 11.9. The number of aliphatic imine (C=N–C) groups is 1. The van der Waals surface area contributed by atoms with Crippen LogP contribution in [0.1, 0.15) is 15.9 Å². The summed E-state index contributed by atoms with van der Waals surface area (Å²) < 4.78 is 11.3. The van der Waals surface area contributed by atoms with Crippen LogP contribution < -0.4 is 25.0 Å². The quantitative estimate of drug-likeness (QED) is 0.279. The van der Waals surface area contributed by atoms with Crippen molar-refractivity contribution in [1.82, 2.24) is 10.3 Å². The highest BCUT2D eigenvalue weighted by molar-refractivity contribution is 6.10. The maximum atomic E-state index is 13.1. The first kappa shape index (κ1) is 23.3. The average molecular weight is 484 g/mol. The highest BCUT2D eigenvalue weighted by Crippen LogP contribution is 2.32. The third-order valence-electron chi connectivity index (χ3n) is 5.99. The predicted molar refractivity (Wildman–Crippen MR) is 144 cm³/mol. The van der Waals surface area contributed by atoms with E-state index in [1.165, 1.54) is 10.9 Å². The number of ether oxygens (including phenoxy) is 2. The van der Waals surface area contributed by atoms with Crippen LogP contribution in [0.25, 0.3) is 10.9 Å². The van der Waals surface area contributed by atoms with Crippen LogP contribution in [0.3, 0.4) is 0 Å². The zero-order valence-corrected chi connectivity index (χ0v) is 20.4. The number of carbonyl (C=O) groups excluding carboxylic acids is 1. The second-order valence-electron chi connectivity index (χ2n) is 8.72. The Labute approximate surface area is 209 Å². The normalized spacial score (nSPS) is 12.9. The van der Waals surface area contributed by atoms with Crippen LogP contribution in [0.5, 0.6) is 11.5 Å². The monoisotopic (exact) mass is 483 g/mol. The number of guanidine groups is 1. The summed E-state index contributed by atoms with van der Waals surface area (Å²) in [5.41, 5.74) is 4.51.